The van der Waals surface area contributed by atoms with E-state index in [0.717, 1.165) is 0 Å². The van der Waals surface area contributed by atoms with Crippen LogP contribution in [-0.2, 0) is 0 Å². The first-order valence-corrected chi connectivity index (χ1v) is 11.5. The molecule has 0 saturated heterocycles. The number of aryl methyl sites for hydroxylation is 1. The molecule has 0 N–H and O–H groups in total. The van der Waals surface area contributed by atoms with Gasteiger partial charge in [-0.3, -0.25) is 0 Å². The minimum absolute atomic E-state index is 1.24. The second-order valence-corrected chi connectivity index (χ2v) is 8.66. The maximum Gasteiger partial charge on any atom is -0.00261 e. The average molecular weight is 421 g/mol. The van der Waals surface area contributed by atoms with Crippen LogP contribution in [0.1, 0.15) is 5.56 Å². The Morgan fingerprint density at radius 2 is 0.788 bits per heavy atom. The van der Waals surface area contributed by atoms with Crippen LogP contribution in [0.4, 0.5) is 0 Å². The molecule has 6 aromatic rings. The highest BCUT2D eigenvalue weighted by molar-refractivity contribution is 6.22. The highest BCUT2D eigenvalue weighted by atomic mass is 14.2. The Morgan fingerprint density at radius 1 is 0.333 bits per heavy atom. The molecule has 0 nitrogen and oxygen atoms in total. The van der Waals surface area contributed by atoms with Crippen LogP contribution < -0.4 is 0 Å². The van der Waals surface area contributed by atoms with Crippen LogP contribution in [0.3, 0.4) is 0 Å². The topological polar surface area (TPSA) is 0 Å². The average Bonchev–Trinajstić information content (AvgIpc) is 2.88. The molecule has 0 aliphatic rings. The summed E-state index contributed by atoms with van der Waals surface area (Å²) in [5.41, 5.74) is 8.88. The zero-order valence-corrected chi connectivity index (χ0v) is 18.6. The van der Waals surface area contributed by atoms with E-state index in [0.29, 0.717) is 0 Å². The fourth-order valence-corrected chi connectivity index (χ4v) is 4.98. The van der Waals surface area contributed by atoms with E-state index < -0.39 is 0 Å². The fraction of sp³-hybridized carbons (Fsp3) is 0.0303. The van der Waals surface area contributed by atoms with Gasteiger partial charge in [-0.05, 0) is 67.9 Å². The smallest absolute Gasteiger partial charge is 0.00261 e. The lowest BCUT2D eigenvalue weighted by atomic mass is 9.84. The molecule has 33 heavy (non-hydrogen) atoms. The summed E-state index contributed by atoms with van der Waals surface area (Å²) in [6.07, 6.45) is 0. The second-order valence-electron chi connectivity index (χ2n) is 8.66. The number of hydrogen-bond acceptors (Lipinski definition) is 0. The molecule has 0 atom stereocenters. The van der Waals surface area contributed by atoms with Crippen molar-refractivity contribution in [3.8, 4) is 33.4 Å². The van der Waals surface area contributed by atoms with Gasteiger partial charge in [-0.25, -0.2) is 0 Å². The maximum absolute atomic E-state index is 2.38. The Labute approximate surface area is 194 Å². The molecule has 0 spiro atoms. The van der Waals surface area contributed by atoms with Crippen LogP contribution in [0.25, 0.3) is 54.9 Å². The summed E-state index contributed by atoms with van der Waals surface area (Å²) in [7, 11) is 0. The van der Waals surface area contributed by atoms with E-state index in [1.165, 1.54) is 60.5 Å². The minimum atomic E-state index is 1.24. The Hall–Kier alpha value is -4.16. The second kappa shape index (κ2) is 8.07. The number of hydrogen-bond donors (Lipinski definition) is 0. The van der Waals surface area contributed by atoms with E-state index in [9.17, 15) is 0 Å². The van der Waals surface area contributed by atoms with Crippen molar-refractivity contribution >= 4 is 21.5 Å². The zero-order valence-electron chi connectivity index (χ0n) is 18.6. The van der Waals surface area contributed by atoms with Crippen molar-refractivity contribution in [3.63, 3.8) is 0 Å². The van der Waals surface area contributed by atoms with Crippen LogP contribution in [0, 0.1) is 6.92 Å². The molecule has 0 heteroatoms. The molecule has 0 aliphatic heterocycles. The van der Waals surface area contributed by atoms with Crippen molar-refractivity contribution in [2.45, 2.75) is 6.92 Å². The molecule has 0 saturated carbocycles. The lowest BCUT2D eigenvalue weighted by molar-refractivity contribution is 1.51. The van der Waals surface area contributed by atoms with Gasteiger partial charge < -0.3 is 0 Å². The van der Waals surface area contributed by atoms with E-state index in [4.69, 9.17) is 0 Å². The van der Waals surface area contributed by atoms with Crippen molar-refractivity contribution in [3.05, 3.63) is 133 Å². The van der Waals surface area contributed by atoms with Gasteiger partial charge in [-0.1, -0.05) is 127 Å². The SMILES string of the molecule is Cc1ccc2c(-c3ccccc3)c3ccc(-c4ccccc4)cc3c(-c3ccccc3)c2c1. The van der Waals surface area contributed by atoms with Crippen molar-refractivity contribution < 1.29 is 0 Å². The molecule has 0 bridgehead atoms. The predicted molar refractivity (Wildman–Crippen MR) is 142 cm³/mol. The molecule has 0 aliphatic carbocycles. The Kier molecular flexibility index (Phi) is 4.78. The summed E-state index contributed by atoms with van der Waals surface area (Å²) < 4.78 is 0. The molecule has 6 aromatic carbocycles. The minimum Gasteiger partial charge on any atom is -0.0622 e. The van der Waals surface area contributed by atoms with Gasteiger partial charge in [0, 0.05) is 0 Å². The summed E-state index contributed by atoms with van der Waals surface area (Å²) in [6.45, 7) is 2.18. The fourth-order valence-electron chi connectivity index (χ4n) is 4.98. The third-order valence-corrected chi connectivity index (χ3v) is 6.50. The highest BCUT2D eigenvalue weighted by Gasteiger charge is 2.17. The van der Waals surface area contributed by atoms with Crippen molar-refractivity contribution in [2.24, 2.45) is 0 Å². The molecule has 0 radical (unpaired) electrons. The monoisotopic (exact) mass is 420 g/mol. The first-order chi connectivity index (χ1) is 16.3. The van der Waals surface area contributed by atoms with E-state index in [-0.39, 0.29) is 0 Å². The number of benzene rings is 6. The lowest BCUT2D eigenvalue weighted by Gasteiger charge is -2.19. The Bertz CT molecular complexity index is 1580. The summed E-state index contributed by atoms with van der Waals surface area (Å²) in [4.78, 5) is 0. The Balaban J connectivity index is 1.81. The van der Waals surface area contributed by atoms with E-state index in [2.05, 4.69) is 134 Å². The zero-order chi connectivity index (χ0) is 22.2. The van der Waals surface area contributed by atoms with Crippen LogP contribution in [0.15, 0.2) is 127 Å². The molecule has 0 heterocycles. The largest absolute Gasteiger partial charge is 0.0622 e. The van der Waals surface area contributed by atoms with E-state index in [1.807, 2.05) is 0 Å². The van der Waals surface area contributed by atoms with Crippen molar-refractivity contribution in [1.82, 2.24) is 0 Å². The third kappa shape index (κ3) is 3.41. The Morgan fingerprint density at radius 3 is 1.36 bits per heavy atom. The molecule has 6 rings (SSSR count). The number of rotatable bonds is 3. The van der Waals surface area contributed by atoms with Crippen molar-refractivity contribution in [2.75, 3.05) is 0 Å². The van der Waals surface area contributed by atoms with Crippen LogP contribution >= 0.6 is 0 Å². The molecule has 156 valence electrons. The quantitative estimate of drug-likeness (QED) is 0.250. The highest BCUT2D eigenvalue weighted by Crippen LogP contribution is 2.44. The van der Waals surface area contributed by atoms with Gasteiger partial charge in [0.2, 0.25) is 0 Å². The first kappa shape index (κ1) is 19.5. The van der Waals surface area contributed by atoms with Crippen LogP contribution in [0.5, 0.6) is 0 Å². The summed E-state index contributed by atoms with van der Waals surface area (Å²) in [5, 5.41) is 5.18. The van der Waals surface area contributed by atoms with Gasteiger partial charge in [0.1, 0.15) is 0 Å². The molecule has 0 amide bonds. The third-order valence-electron chi connectivity index (χ3n) is 6.50. The van der Waals surface area contributed by atoms with Gasteiger partial charge in [0.25, 0.3) is 0 Å². The number of fused-ring (bicyclic) bond motifs is 2. The molecular weight excluding hydrogens is 396 g/mol. The van der Waals surface area contributed by atoms with E-state index in [1.54, 1.807) is 0 Å². The van der Waals surface area contributed by atoms with Gasteiger partial charge in [-0.2, -0.15) is 0 Å². The van der Waals surface area contributed by atoms with Gasteiger partial charge in [0.05, 0.1) is 0 Å². The van der Waals surface area contributed by atoms with Gasteiger partial charge in [-0.15, -0.1) is 0 Å². The first-order valence-electron chi connectivity index (χ1n) is 11.5. The van der Waals surface area contributed by atoms with Gasteiger partial charge in [0.15, 0.2) is 0 Å². The molecule has 0 fully saturated rings. The van der Waals surface area contributed by atoms with Gasteiger partial charge >= 0.3 is 0 Å². The van der Waals surface area contributed by atoms with Crippen molar-refractivity contribution in [1.29, 1.82) is 0 Å². The van der Waals surface area contributed by atoms with Crippen LogP contribution in [0.2, 0.25) is 0 Å². The summed E-state index contributed by atoms with van der Waals surface area (Å²) >= 11 is 0. The normalized spacial score (nSPS) is 11.2. The van der Waals surface area contributed by atoms with Crippen LogP contribution in [-0.4, -0.2) is 0 Å². The molecular formula is C33H24. The standard InChI is InChI=1S/C33H24/c1-23-17-19-28-30(21-23)33(26-15-9-4-10-16-26)31-22-27(24-11-5-2-6-12-24)18-20-29(31)32(28)25-13-7-3-8-14-25/h2-22H,1H3. The predicted octanol–water partition coefficient (Wildman–Crippen LogP) is 9.30. The maximum atomic E-state index is 2.38. The molecule has 0 unspecified atom stereocenters. The van der Waals surface area contributed by atoms with E-state index >= 15 is 0 Å². The molecule has 0 aromatic heterocycles. The summed E-state index contributed by atoms with van der Waals surface area (Å²) in [6, 6.07) is 46.1. The summed E-state index contributed by atoms with van der Waals surface area (Å²) in [5.74, 6) is 0. The lowest BCUT2D eigenvalue weighted by Crippen LogP contribution is -1.92.